The van der Waals surface area contributed by atoms with Crippen LogP contribution in [0, 0.1) is 13.8 Å². The van der Waals surface area contributed by atoms with Gasteiger partial charge in [-0.05, 0) is 46.3 Å². The van der Waals surface area contributed by atoms with Crippen LogP contribution in [0.5, 0.6) is 0 Å². The van der Waals surface area contributed by atoms with Crippen LogP contribution >= 0.6 is 35.3 Å². The molecule has 0 atom stereocenters. The lowest BCUT2D eigenvalue weighted by atomic mass is 10.2. The number of thiazole rings is 1. The van der Waals surface area contributed by atoms with Crippen LogP contribution in [0.1, 0.15) is 34.5 Å². The molecule has 2 aromatic rings. The molecule has 0 aliphatic carbocycles. The van der Waals surface area contributed by atoms with Gasteiger partial charge in [-0.1, -0.05) is 30.3 Å². The van der Waals surface area contributed by atoms with Gasteiger partial charge in [0.05, 0.1) is 10.7 Å². The highest BCUT2D eigenvalue weighted by molar-refractivity contribution is 14.0. The van der Waals surface area contributed by atoms with Gasteiger partial charge >= 0.3 is 0 Å². The van der Waals surface area contributed by atoms with Crippen molar-refractivity contribution in [3.05, 3.63) is 51.5 Å². The van der Waals surface area contributed by atoms with E-state index in [-0.39, 0.29) is 24.0 Å². The molecule has 2 rings (SSSR count). The number of aryl methyl sites for hydroxylation is 2. The fourth-order valence-electron chi connectivity index (χ4n) is 2.78. The second-order valence-corrected chi connectivity index (χ2v) is 8.05. The Hall–Kier alpha value is -1.19. The van der Waals surface area contributed by atoms with E-state index in [2.05, 4.69) is 78.7 Å². The molecule has 1 aromatic carbocycles. The lowest BCUT2D eigenvalue weighted by molar-refractivity contribution is 0.324. The molecule has 5 nitrogen and oxygen atoms in total. The summed E-state index contributed by atoms with van der Waals surface area (Å²) >= 11 is 1.79. The lowest BCUT2D eigenvalue weighted by Gasteiger charge is -2.16. The average Bonchev–Trinajstić information content (AvgIpc) is 2.97. The summed E-state index contributed by atoms with van der Waals surface area (Å²) in [7, 11) is 2.16. The van der Waals surface area contributed by atoms with Gasteiger partial charge in [0.15, 0.2) is 5.96 Å². The molecule has 156 valence electrons. The van der Waals surface area contributed by atoms with Crippen LogP contribution in [0.25, 0.3) is 0 Å². The minimum Gasteiger partial charge on any atom is -0.357 e. The number of nitrogens with one attached hydrogen (secondary N) is 2. The fraction of sp³-hybridized carbons (Fsp3) is 0.524. The third kappa shape index (κ3) is 9.34. The molecule has 1 aromatic heterocycles. The molecular weight excluding hydrogens is 481 g/mol. The summed E-state index contributed by atoms with van der Waals surface area (Å²) in [5, 5.41) is 7.93. The molecule has 0 saturated carbocycles. The fourth-order valence-corrected chi connectivity index (χ4v) is 3.71. The van der Waals surface area contributed by atoms with Gasteiger partial charge in [0.1, 0.15) is 0 Å². The maximum Gasteiger partial charge on any atom is 0.191 e. The smallest absolute Gasteiger partial charge is 0.191 e. The Labute approximate surface area is 191 Å². The third-order valence-electron chi connectivity index (χ3n) is 4.31. The van der Waals surface area contributed by atoms with Crippen LogP contribution in [0.4, 0.5) is 0 Å². The lowest BCUT2D eigenvalue weighted by Crippen LogP contribution is -2.38. The van der Waals surface area contributed by atoms with E-state index in [1.165, 1.54) is 15.4 Å². The number of aliphatic imine (C=N–C) groups is 1. The SMILES string of the molecule is CCNC(=NCCCN(C)Cc1ccccc1)NCCc1nc(C)c(C)s1.I. The molecule has 0 aliphatic rings. The van der Waals surface area contributed by atoms with Gasteiger partial charge in [0.25, 0.3) is 0 Å². The van der Waals surface area contributed by atoms with Crippen molar-refractivity contribution >= 4 is 41.3 Å². The topological polar surface area (TPSA) is 52.6 Å². The van der Waals surface area contributed by atoms with Crippen molar-refractivity contribution in [1.29, 1.82) is 0 Å². The van der Waals surface area contributed by atoms with Gasteiger partial charge in [0.2, 0.25) is 0 Å². The zero-order valence-electron chi connectivity index (χ0n) is 17.5. The monoisotopic (exact) mass is 515 g/mol. The zero-order valence-corrected chi connectivity index (χ0v) is 20.6. The summed E-state index contributed by atoms with van der Waals surface area (Å²) in [5.74, 6) is 0.896. The summed E-state index contributed by atoms with van der Waals surface area (Å²) in [6, 6.07) is 10.6. The highest BCUT2D eigenvalue weighted by atomic mass is 127. The molecule has 28 heavy (non-hydrogen) atoms. The molecule has 0 radical (unpaired) electrons. The summed E-state index contributed by atoms with van der Waals surface area (Å²) < 4.78 is 0. The van der Waals surface area contributed by atoms with Crippen molar-refractivity contribution in [2.24, 2.45) is 4.99 Å². The van der Waals surface area contributed by atoms with E-state index in [4.69, 9.17) is 4.99 Å². The Balaban J connectivity index is 0.00000392. The van der Waals surface area contributed by atoms with Crippen molar-refractivity contribution < 1.29 is 0 Å². The van der Waals surface area contributed by atoms with Gasteiger partial charge in [-0.3, -0.25) is 4.99 Å². The predicted octanol–water partition coefficient (Wildman–Crippen LogP) is 4.00. The maximum absolute atomic E-state index is 4.70. The van der Waals surface area contributed by atoms with Crippen LogP contribution in [-0.2, 0) is 13.0 Å². The van der Waals surface area contributed by atoms with Gasteiger partial charge < -0.3 is 15.5 Å². The molecule has 0 bridgehead atoms. The van der Waals surface area contributed by atoms with E-state index < -0.39 is 0 Å². The third-order valence-corrected chi connectivity index (χ3v) is 5.44. The van der Waals surface area contributed by atoms with Crippen LogP contribution in [0.3, 0.4) is 0 Å². The van der Waals surface area contributed by atoms with Crippen molar-refractivity contribution in [1.82, 2.24) is 20.5 Å². The quantitative estimate of drug-likeness (QED) is 0.218. The van der Waals surface area contributed by atoms with E-state index in [9.17, 15) is 0 Å². The minimum atomic E-state index is 0. The van der Waals surface area contributed by atoms with Gasteiger partial charge in [-0.2, -0.15) is 0 Å². The highest BCUT2D eigenvalue weighted by Crippen LogP contribution is 2.16. The first-order valence-corrected chi connectivity index (χ1v) is 10.6. The first-order valence-electron chi connectivity index (χ1n) is 9.76. The standard InChI is InChI=1S/C21H33N5S.HI/c1-5-22-21(24-14-12-20-25-17(2)18(3)27-20)23-13-9-15-26(4)16-19-10-7-6-8-11-19;/h6-8,10-11H,5,9,12-16H2,1-4H3,(H2,22,23,24);1H. The summed E-state index contributed by atoms with van der Waals surface area (Å²) in [4.78, 5) is 12.9. The first-order chi connectivity index (χ1) is 13.1. The molecular formula is C21H34IN5S. The van der Waals surface area contributed by atoms with Gasteiger partial charge in [-0.25, -0.2) is 4.98 Å². The number of rotatable bonds is 10. The molecule has 0 amide bonds. The second-order valence-electron chi connectivity index (χ2n) is 6.76. The molecule has 0 aliphatic heterocycles. The van der Waals surface area contributed by atoms with E-state index in [1.54, 1.807) is 11.3 Å². The summed E-state index contributed by atoms with van der Waals surface area (Å²) in [6.45, 7) is 10.9. The number of guanidine groups is 1. The zero-order chi connectivity index (χ0) is 19.5. The molecule has 0 saturated heterocycles. The Bertz CT molecular complexity index is 683. The van der Waals surface area contributed by atoms with Crippen LogP contribution in [0.2, 0.25) is 0 Å². The van der Waals surface area contributed by atoms with E-state index in [1.807, 2.05) is 0 Å². The number of hydrogen-bond donors (Lipinski definition) is 2. The average molecular weight is 516 g/mol. The molecule has 0 fully saturated rings. The van der Waals surface area contributed by atoms with Crippen molar-refractivity contribution in [2.75, 3.05) is 33.2 Å². The number of aromatic nitrogens is 1. The molecule has 7 heteroatoms. The van der Waals surface area contributed by atoms with Crippen LogP contribution < -0.4 is 10.6 Å². The summed E-state index contributed by atoms with van der Waals surface area (Å²) in [6.07, 6.45) is 1.98. The maximum atomic E-state index is 4.70. The number of halogens is 1. The molecule has 2 N–H and O–H groups in total. The minimum absolute atomic E-state index is 0. The first kappa shape index (κ1) is 24.8. The van der Waals surface area contributed by atoms with Crippen LogP contribution in [-0.4, -0.2) is 49.1 Å². The van der Waals surface area contributed by atoms with E-state index in [0.717, 1.165) is 57.2 Å². The Morgan fingerprint density at radius 2 is 1.93 bits per heavy atom. The van der Waals surface area contributed by atoms with E-state index in [0.29, 0.717) is 0 Å². The van der Waals surface area contributed by atoms with Crippen molar-refractivity contribution in [2.45, 2.75) is 40.2 Å². The Morgan fingerprint density at radius 3 is 2.57 bits per heavy atom. The van der Waals surface area contributed by atoms with Gasteiger partial charge in [0, 0.05) is 37.5 Å². The normalized spacial score (nSPS) is 11.4. The van der Waals surface area contributed by atoms with E-state index >= 15 is 0 Å². The van der Waals surface area contributed by atoms with Crippen LogP contribution in [0.15, 0.2) is 35.3 Å². The van der Waals surface area contributed by atoms with Crippen molar-refractivity contribution in [3.63, 3.8) is 0 Å². The highest BCUT2D eigenvalue weighted by Gasteiger charge is 2.04. The Morgan fingerprint density at radius 1 is 1.18 bits per heavy atom. The molecule has 0 spiro atoms. The largest absolute Gasteiger partial charge is 0.357 e. The van der Waals surface area contributed by atoms with Crippen molar-refractivity contribution in [3.8, 4) is 0 Å². The molecule has 0 unspecified atom stereocenters. The number of hydrogen-bond acceptors (Lipinski definition) is 4. The number of nitrogens with zero attached hydrogens (tertiary/aromatic N) is 3. The summed E-state index contributed by atoms with van der Waals surface area (Å²) in [5.41, 5.74) is 2.50. The second kappa shape index (κ2) is 13.9. The predicted molar refractivity (Wildman–Crippen MR) is 132 cm³/mol. The Kier molecular flexibility index (Phi) is 12.3. The van der Waals surface area contributed by atoms with Gasteiger partial charge in [-0.15, -0.1) is 35.3 Å². The number of benzene rings is 1. The molecule has 1 heterocycles.